The lowest BCUT2D eigenvalue weighted by Gasteiger charge is -2.35. The van der Waals surface area contributed by atoms with Crippen LogP contribution in [0, 0.1) is 0 Å². The van der Waals surface area contributed by atoms with Crippen LogP contribution in [-0.2, 0) is 0 Å². The van der Waals surface area contributed by atoms with Gasteiger partial charge in [-0.25, -0.2) is 0 Å². The summed E-state index contributed by atoms with van der Waals surface area (Å²) in [7, 11) is 1.35. The van der Waals surface area contributed by atoms with Gasteiger partial charge in [0, 0.05) is 24.7 Å². The van der Waals surface area contributed by atoms with Gasteiger partial charge in [0.25, 0.3) is 5.91 Å². The lowest BCUT2D eigenvalue weighted by molar-refractivity contribution is -0.0512. The predicted molar refractivity (Wildman–Crippen MR) is 84.6 cm³/mol. The molecular formula is C15H21ClF2N2O3. The normalized spacial score (nSPS) is 17.6. The minimum Gasteiger partial charge on any atom is -0.493 e. The van der Waals surface area contributed by atoms with Crippen molar-refractivity contribution >= 4 is 18.3 Å². The van der Waals surface area contributed by atoms with Crippen LogP contribution in [0.5, 0.6) is 11.5 Å². The van der Waals surface area contributed by atoms with Gasteiger partial charge in [-0.2, -0.15) is 8.78 Å². The maximum absolute atomic E-state index is 12.6. The molecule has 1 atom stereocenters. The van der Waals surface area contributed by atoms with Crippen LogP contribution in [0.1, 0.15) is 29.6 Å². The van der Waals surface area contributed by atoms with E-state index in [0.29, 0.717) is 13.1 Å². The van der Waals surface area contributed by atoms with E-state index in [-0.39, 0.29) is 41.4 Å². The molecule has 1 saturated heterocycles. The van der Waals surface area contributed by atoms with Gasteiger partial charge in [0.2, 0.25) is 0 Å². The van der Waals surface area contributed by atoms with Crippen LogP contribution in [0.25, 0.3) is 0 Å². The van der Waals surface area contributed by atoms with Crippen molar-refractivity contribution < 1.29 is 23.0 Å². The first-order valence-corrected chi connectivity index (χ1v) is 7.20. The highest BCUT2D eigenvalue weighted by Crippen LogP contribution is 2.30. The molecule has 1 fully saturated rings. The number of alkyl halides is 2. The van der Waals surface area contributed by atoms with E-state index in [2.05, 4.69) is 4.74 Å². The molecule has 0 saturated carbocycles. The van der Waals surface area contributed by atoms with Gasteiger partial charge < -0.3 is 20.1 Å². The predicted octanol–water partition coefficient (Wildman–Crippen LogP) is 2.67. The number of benzene rings is 1. The Labute approximate surface area is 140 Å². The lowest BCUT2D eigenvalue weighted by Crippen LogP contribution is -2.47. The molecule has 1 amide bonds. The Bertz CT molecular complexity index is 531. The monoisotopic (exact) mass is 350 g/mol. The average Bonchev–Trinajstić information content (AvgIpc) is 2.53. The zero-order chi connectivity index (χ0) is 16.1. The molecule has 23 heavy (non-hydrogen) atoms. The van der Waals surface area contributed by atoms with Crippen LogP contribution in [0.4, 0.5) is 8.78 Å². The van der Waals surface area contributed by atoms with E-state index in [0.717, 1.165) is 19.3 Å². The summed E-state index contributed by atoms with van der Waals surface area (Å²) in [5, 5.41) is 0. The number of nitrogens with two attached hydrogens (primary N) is 1. The second kappa shape index (κ2) is 8.88. The molecule has 0 aliphatic carbocycles. The third-order valence-corrected chi connectivity index (χ3v) is 3.79. The fraction of sp³-hybridized carbons (Fsp3) is 0.533. The fourth-order valence-electron chi connectivity index (χ4n) is 2.68. The number of rotatable bonds is 5. The molecule has 0 aromatic heterocycles. The summed E-state index contributed by atoms with van der Waals surface area (Å²) in [6.07, 6.45) is 2.81. The molecule has 1 aromatic carbocycles. The average molecular weight is 351 g/mol. The molecule has 8 heteroatoms. The van der Waals surface area contributed by atoms with Crippen molar-refractivity contribution in [2.45, 2.75) is 31.9 Å². The van der Waals surface area contributed by atoms with Crippen molar-refractivity contribution in [3.63, 3.8) is 0 Å². The standard InChI is InChI=1S/C15H20F2N2O3.ClH/c1-21-12-6-5-10(8-13(12)22-15(16)17)14(20)19-7-3-2-4-11(19)9-18;/h5-6,8,11,15H,2-4,7,9,18H2,1H3;1H. The number of piperidine rings is 1. The Hall–Kier alpha value is -1.60. The third kappa shape index (κ3) is 4.68. The second-order valence-corrected chi connectivity index (χ2v) is 5.13. The molecule has 1 aliphatic rings. The van der Waals surface area contributed by atoms with E-state index in [9.17, 15) is 13.6 Å². The summed E-state index contributed by atoms with van der Waals surface area (Å²) in [6.45, 7) is -1.97. The van der Waals surface area contributed by atoms with Crippen molar-refractivity contribution in [2.24, 2.45) is 5.73 Å². The summed E-state index contributed by atoms with van der Waals surface area (Å²) >= 11 is 0. The Kier molecular flexibility index (Phi) is 7.51. The first-order chi connectivity index (χ1) is 10.6. The number of nitrogens with zero attached hydrogens (tertiary/aromatic N) is 1. The van der Waals surface area contributed by atoms with Gasteiger partial charge in [0.05, 0.1) is 7.11 Å². The molecule has 0 radical (unpaired) electrons. The first-order valence-electron chi connectivity index (χ1n) is 7.20. The molecule has 2 rings (SSSR count). The lowest BCUT2D eigenvalue weighted by atomic mass is 10.0. The van der Waals surface area contributed by atoms with E-state index in [4.69, 9.17) is 10.5 Å². The van der Waals surface area contributed by atoms with Gasteiger partial charge in [-0.1, -0.05) is 0 Å². The van der Waals surface area contributed by atoms with Gasteiger partial charge in [-0.05, 0) is 37.5 Å². The van der Waals surface area contributed by atoms with Crippen molar-refractivity contribution in [1.82, 2.24) is 4.90 Å². The number of methoxy groups -OCH3 is 1. The van der Waals surface area contributed by atoms with Gasteiger partial charge in [0.1, 0.15) is 0 Å². The molecule has 1 heterocycles. The van der Waals surface area contributed by atoms with E-state index in [1.54, 1.807) is 11.0 Å². The number of carbonyl (C=O) groups excluding carboxylic acids is 1. The summed E-state index contributed by atoms with van der Waals surface area (Å²) in [5.41, 5.74) is 6.00. The number of ether oxygens (including phenoxy) is 2. The SMILES string of the molecule is COc1ccc(C(=O)N2CCCCC2CN)cc1OC(F)F.Cl. The summed E-state index contributed by atoms with van der Waals surface area (Å²) < 4.78 is 34.3. The third-order valence-electron chi connectivity index (χ3n) is 3.79. The Morgan fingerprint density at radius 1 is 1.39 bits per heavy atom. The summed E-state index contributed by atoms with van der Waals surface area (Å²) in [5.74, 6) is -0.215. The molecule has 1 unspecified atom stereocenters. The molecule has 2 N–H and O–H groups in total. The number of carbonyl (C=O) groups is 1. The van der Waals surface area contributed by atoms with Crippen LogP contribution in [0.3, 0.4) is 0 Å². The highest BCUT2D eigenvalue weighted by atomic mass is 35.5. The minimum absolute atomic E-state index is 0. The highest BCUT2D eigenvalue weighted by Gasteiger charge is 2.27. The first kappa shape index (κ1) is 19.4. The molecular weight excluding hydrogens is 330 g/mol. The minimum atomic E-state index is -2.98. The van der Waals surface area contributed by atoms with Gasteiger partial charge in [-0.3, -0.25) is 4.79 Å². The largest absolute Gasteiger partial charge is 0.493 e. The second-order valence-electron chi connectivity index (χ2n) is 5.13. The Morgan fingerprint density at radius 3 is 2.74 bits per heavy atom. The Morgan fingerprint density at radius 2 is 2.13 bits per heavy atom. The van der Waals surface area contributed by atoms with Crippen LogP contribution in [-0.4, -0.2) is 43.7 Å². The van der Waals surface area contributed by atoms with Crippen LogP contribution < -0.4 is 15.2 Å². The molecule has 0 bridgehead atoms. The van der Waals surface area contributed by atoms with Crippen molar-refractivity contribution in [2.75, 3.05) is 20.2 Å². The van der Waals surface area contributed by atoms with E-state index in [1.165, 1.54) is 19.2 Å². The summed E-state index contributed by atoms with van der Waals surface area (Å²) in [6, 6.07) is 4.27. The topological polar surface area (TPSA) is 64.8 Å². The molecule has 130 valence electrons. The van der Waals surface area contributed by atoms with Gasteiger partial charge in [-0.15, -0.1) is 12.4 Å². The molecule has 0 spiro atoms. The molecule has 5 nitrogen and oxygen atoms in total. The summed E-state index contributed by atoms with van der Waals surface area (Å²) in [4.78, 5) is 14.3. The van der Waals surface area contributed by atoms with E-state index < -0.39 is 6.61 Å². The van der Waals surface area contributed by atoms with Crippen LogP contribution in [0.15, 0.2) is 18.2 Å². The molecule has 1 aromatic rings. The maximum atomic E-state index is 12.6. The number of hydrogen-bond acceptors (Lipinski definition) is 4. The fourth-order valence-corrected chi connectivity index (χ4v) is 2.68. The number of halogens is 3. The van der Waals surface area contributed by atoms with Crippen molar-refractivity contribution in [3.8, 4) is 11.5 Å². The number of amides is 1. The van der Waals surface area contributed by atoms with Gasteiger partial charge >= 0.3 is 6.61 Å². The molecule has 1 aliphatic heterocycles. The zero-order valence-corrected chi connectivity index (χ0v) is 13.7. The van der Waals surface area contributed by atoms with Crippen molar-refractivity contribution in [3.05, 3.63) is 23.8 Å². The highest BCUT2D eigenvalue weighted by molar-refractivity contribution is 5.95. The van der Waals surface area contributed by atoms with Gasteiger partial charge in [0.15, 0.2) is 11.5 Å². The number of likely N-dealkylation sites (tertiary alicyclic amines) is 1. The van der Waals surface area contributed by atoms with Crippen LogP contribution in [0.2, 0.25) is 0 Å². The quantitative estimate of drug-likeness (QED) is 0.886. The van der Waals surface area contributed by atoms with Crippen molar-refractivity contribution in [1.29, 1.82) is 0 Å². The maximum Gasteiger partial charge on any atom is 0.387 e. The zero-order valence-electron chi connectivity index (χ0n) is 12.8. The van der Waals surface area contributed by atoms with E-state index >= 15 is 0 Å². The smallest absolute Gasteiger partial charge is 0.387 e. The number of hydrogen-bond donors (Lipinski definition) is 1. The van der Waals surface area contributed by atoms with E-state index in [1.807, 2.05) is 0 Å². The Balaban J connectivity index is 0.00000264. The van der Waals surface area contributed by atoms with Crippen LogP contribution >= 0.6 is 12.4 Å².